The van der Waals surface area contributed by atoms with Crippen molar-refractivity contribution in [2.45, 2.75) is 39.2 Å². The van der Waals surface area contributed by atoms with E-state index in [-0.39, 0.29) is 0 Å². The van der Waals surface area contributed by atoms with Crippen molar-refractivity contribution < 1.29 is 0 Å². The zero-order valence-corrected chi connectivity index (χ0v) is 11.0. The molecule has 1 aliphatic carbocycles. The number of rotatable bonds is 3. The summed E-state index contributed by atoms with van der Waals surface area (Å²) in [5, 5.41) is 4.65. The summed E-state index contributed by atoms with van der Waals surface area (Å²) in [6.07, 6.45) is 2.56. The van der Waals surface area contributed by atoms with Gasteiger partial charge in [0.05, 0.1) is 11.4 Å². The molecule has 1 aromatic carbocycles. The molecule has 1 aromatic heterocycles. The number of benzene rings is 1. The SMILES string of the molecule is Cc1cccc(-n2nc(CN)cc2C2CC2)c1C. The second-order valence-electron chi connectivity index (χ2n) is 5.17. The molecule has 0 unspecified atom stereocenters. The van der Waals surface area contributed by atoms with Crippen LogP contribution in [0.2, 0.25) is 0 Å². The van der Waals surface area contributed by atoms with Crippen LogP contribution in [-0.4, -0.2) is 9.78 Å². The maximum atomic E-state index is 5.72. The molecule has 3 heteroatoms. The highest BCUT2D eigenvalue weighted by molar-refractivity contribution is 5.46. The lowest BCUT2D eigenvalue weighted by Gasteiger charge is -2.11. The van der Waals surface area contributed by atoms with Crippen LogP contribution in [0.5, 0.6) is 0 Å². The van der Waals surface area contributed by atoms with Crippen molar-refractivity contribution >= 4 is 0 Å². The van der Waals surface area contributed by atoms with E-state index in [1.165, 1.54) is 35.3 Å². The summed E-state index contributed by atoms with van der Waals surface area (Å²) in [4.78, 5) is 0. The third-order valence-electron chi connectivity index (χ3n) is 3.80. The first-order valence-electron chi connectivity index (χ1n) is 6.56. The molecule has 1 fully saturated rings. The molecule has 0 radical (unpaired) electrons. The molecule has 0 bridgehead atoms. The van der Waals surface area contributed by atoms with Crippen LogP contribution >= 0.6 is 0 Å². The molecule has 1 heterocycles. The minimum atomic E-state index is 0.511. The average Bonchev–Trinajstić information content (AvgIpc) is 3.13. The molecule has 0 aliphatic heterocycles. The molecule has 0 atom stereocenters. The molecule has 0 saturated heterocycles. The van der Waals surface area contributed by atoms with Crippen LogP contribution in [0.3, 0.4) is 0 Å². The molecule has 18 heavy (non-hydrogen) atoms. The molecule has 3 rings (SSSR count). The first-order valence-corrected chi connectivity index (χ1v) is 6.56. The van der Waals surface area contributed by atoms with E-state index in [0.29, 0.717) is 12.5 Å². The Kier molecular flexibility index (Phi) is 2.71. The van der Waals surface area contributed by atoms with Crippen LogP contribution < -0.4 is 5.73 Å². The maximum absolute atomic E-state index is 5.72. The Bertz CT molecular complexity index is 579. The van der Waals surface area contributed by atoms with E-state index < -0.39 is 0 Å². The standard InChI is InChI=1S/C15H19N3/c1-10-4-3-5-14(11(10)2)18-15(12-6-7-12)8-13(9-16)17-18/h3-5,8,12H,6-7,9,16H2,1-2H3. The summed E-state index contributed by atoms with van der Waals surface area (Å²) in [6, 6.07) is 8.54. The third kappa shape index (κ3) is 1.85. The fraction of sp³-hybridized carbons (Fsp3) is 0.400. The predicted molar refractivity (Wildman–Crippen MR) is 72.9 cm³/mol. The number of nitrogens with two attached hydrogens (primary N) is 1. The molecule has 94 valence electrons. The molecule has 3 nitrogen and oxygen atoms in total. The van der Waals surface area contributed by atoms with Crippen LogP contribution in [0.15, 0.2) is 24.3 Å². The second-order valence-corrected chi connectivity index (χ2v) is 5.17. The monoisotopic (exact) mass is 241 g/mol. The van der Waals surface area contributed by atoms with Gasteiger partial charge in [-0.3, -0.25) is 0 Å². The summed E-state index contributed by atoms with van der Waals surface area (Å²) >= 11 is 0. The van der Waals surface area contributed by atoms with Gasteiger partial charge in [0.2, 0.25) is 0 Å². The Morgan fingerprint density at radius 3 is 2.78 bits per heavy atom. The van der Waals surface area contributed by atoms with Gasteiger partial charge in [-0.05, 0) is 49.9 Å². The summed E-state index contributed by atoms with van der Waals surface area (Å²) < 4.78 is 2.10. The van der Waals surface area contributed by atoms with Gasteiger partial charge >= 0.3 is 0 Å². The normalized spacial score (nSPS) is 15.1. The molecule has 2 aromatic rings. The molecular formula is C15H19N3. The van der Waals surface area contributed by atoms with E-state index in [9.17, 15) is 0 Å². The fourth-order valence-corrected chi connectivity index (χ4v) is 2.37. The Morgan fingerprint density at radius 2 is 2.11 bits per heavy atom. The van der Waals surface area contributed by atoms with Crippen LogP contribution in [-0.2, 0) is 6.54 Å². The second kappa shape index (κ2) is 4.25. The van der Waals surface area contributed by atoms with Crippen molar-refractivity contribution in [3.05, 3.63) is 46.8 Å². The van der Waals surface area contributed by atoms with Gasteiger partial charge in [0.25, 0.3) is 0 Å². The topological polar surface area (TPSA) is 43.8 Å². The van der Waals surface area contributed by atoms with E-state index in [2.05, 4.69) is 47.9 Å². The maximum Gasteiger partial charge on any atom is 0.0767 e. The molecule has 0 spiro atoms. The number of aromatic nitrogens is 2. The number of hydrogen-bond acceptors (Lipinski definition) is 2. The highest BCUT2D eigenvalue weighted by atomic mass is 15.3. The van der Waals surface area contributed by atoms with Gasteiger partial charge in [0.1, 0.15) is 0 Å². The molecular weight excluding hydrogens is 222 g/mol. The van der Waals surface area contributed by atoms with Crippen molar-refractivity contribution in [3.63, 3.8) is 0 Å². The van der Waals surface area contributed by atoms with E-state index in [0.717, 1.165) is 5.69 Å². The van der Waals surface area contributed by atoms with Gasteiger partial charge in [-0.2, -0.15) is 5.10 Å². The molecule has 1 aliphatic rings. The zero-order chi connectivity index (χ0) is 12.7. The van der Waals surface area contributed by atoms with Gasteiger partial charge in [0.15, 0.2) is 0 Å². The summed E-state index contributed by atoms with van der Waals surface area (Å²) in [5.41, 5.74) is 11.8. The highest BCUT2D eigenvalue weighted by Crippen LogP contribution is 2.41. The smallest absolute Gasteiger partial charge is 0.0767 e. The average molecular weight is 241 g/mol. The lowest BCUT2D eigenvalue weighted by Crippen LogP contribution is -2.05. The Morgan fingerprint density at radius 1 is 1.33 bits per heavy atom. The molecule has 2 N–H and O–H groups in total. The number of aryl methyl sites for hydroxylation is 1. The predicted octanol–water partition coefficient (Wildman–Crippen LogP) is 2.83. The van der Waals surface area contributed by atoms with E-state index in [1.807, 2.05) is 0 Å². The van der Waals surface area contributed by atoms with Crippen LogP contribution in [0.25, 0.3) is 5.69 Å². The summed E-state index contributed by atoms with van der Waals surface area (Å²) in [6.45, 7) is 4.81. The van der Waals surface area contributed by atoms with Crippen molar-refractivity contribution in [1.29, 1.82) is 0 Å². The summed E-state index contributed by atoms with van der Waals surface area (Å²) in [5.74, 6) is 0.678. The van der Waals surface area contributed by atoms with Crippen molar-refractivity contribution in [2.75, 3.05) is 0 Å². The van der Waals surface area contributed by atoms with Crippen molar-refractivity contribution in [3.8, 4) is 5.69 Å². The van der Waals surface area contributed by atoms with Gasteiger partial charge < -0.3 is 5.73 Å². The molecule has 1 saturated carbocycles. The van der Waals surface area contributed by atoms with Gasteiger partial charge in [-0.25, -0.2) is 4.68 Å². The summed E-state index contributed by atoms with van der Waals surface area (Å²) in [7, 11) is 0. The first-order chi connectivity index (χ1) is 8.70. The number of hydrogen-bond donors (Lipinski definition) is 1. The minimum Gasteiger partial charge on any atom is -0.325 e. The van der Waals surface area contributed by atoms with Gasteiger partial charge in [-0.1, -0.05) is 12.1 Å². The fourth-order valence-electron chi connectivity index (χ4n) is 2.37. The Labute approximate surface area is 108 Å². The quantitative estimate of drug-likeness (QED) is 0.898. The van der Waals surface area contributed by atoms with Crippen LogP contribution in [0.4, 0.5) is 0 Å². The zero-order valence-electron chi connectivity index (χ0n) is 11.0. The van der Waals surface area contributed by atoms with E-state index >= 15 is 0 Å². The van der Waals surface area contributed by atoms with E-state index in [1.54, 1.807) is 0 Å². The van der Waals surface area contributed by atoms with Gasteiger partial charge in [-0.15, -0.1) is 0 Å². The Balaban J connectivity index is 2.15. The first kappa shape index (κ1) is 11.5. The van der Waals surface area contributed by atoms with Gasteiger partial charge in [0, 0.05) is 18.2 Å². The minimum absolute atomic E-state index is 0.511. The number of nitrogens with zero attached hydrogens (tertiary/aromatic N) is 2. The lowest BCUT2D eigenvalue weighted by atomic mass is 10.1. The van der Waals surface area contributed by atoms with Crippen molar-refractivity contribution in [1.82, 2.24) is 9.78 Å². The lowest BCUT2D eigenvalue weighted by molar-refractivity contribution is 0.780. The van der Waals surface area contributed by atoms with E-state index in [4.69, 9.17) is 5.73 Å². The van der Waals surface area contributed by atoms with Crippen molar-refractivity contribution in [2.24, 2.45) is 5.73 Å². The largest absolute Gasteiger partial charge is 0.325 e. The van der Waals surface area contributed by atoms with Crippen LogP contribution in [0.1, 0.15) is 41.3 Å². The Hall–Kier alpha value is -1.61. The molecule has 0 amide bonds. The third-order valence-corrected chi connectivity index (χ3v) is 3.80. The van der Waals surface area contributed by atoms with Crippen LogP contribution in [0, 0.1) is 13.8 Å². The highest BCUT2D eigenvalue weighted by Gasteiger charge is 2.28.